The summed E-state index contributed by atoms with van der Waals surface area (Å²) < 4.78 is 4.97. The first-order chi connectivity index (χ1) is 27.0. The van der Waals surface area contributed by atoms with Crippen molar-refractivity contribution in [3.05, 3.63) is 180 Å². The first-order valence-corrected chi connectivity index (χ1v) is 19.9. The van der Waals surface area contributed by atoms with Gasteiger partial charge in [-0.2, -0.15) is 5.26 Å². The SMILES string of the molecule is CCC(C)C(NC(c1ccccc1)N(C)c1ccccc1)c1ccc(-n2c3ccc(C#N)cc3c3ccc(-c4cccc5c4sc4ccccc45)cc32)cc1. The van der Waals surface area contributed by atoms with Crippen molar-refractivity contribution in [3.63, 3.8) is 0 Å². The summed E-state index contributed by atoms with van der Waals surface area (Å²) in [5.41, 5.74) is 10.0. The summed E-state index contributed by atoms with van der Waals surface area (Å²) in [6, 6.07) is 61.2. The van der Waals surface area contributed by atoms with E-state index in [4.69, 9.17) is 0 Å². The van der Waals surface area contributed by atoms with E-state index in [9.17, 15) is 5.26 Å². The number of nitriles is 1. The molecule has 2 aromatic heterocycles. The number of aromatic nitrogens is 1. The lowest BCUT2D eigenvalue weighted by atomic mass is 9.91. The van der Waals surface area contributed by atoms with Gasteiger partial charge in [0.2, 0.25) is 0 Å². The van der Waals surface area contributed by atoms with E-state index in [2.05, 4.69) is 193 Å². The van der Waals surface area contributed by atoms with Crippen LogP contribution in [0.2, 0.25) is 0 Å². The number of nitrogens with zero attached hydrogens (tertiary/aromatic N) is 3. The van der Waals surface area contributed by atoms with Gasteiger partial charge in [-0.15, -0.1) is 11.3 Å². The van der Waals surface area contributed by atoms with Crippen molar-refractivity contribution in [1.29, 1.82) is 5.26 Å². The molecule has 4 nitrogen and oxygen atoms in total. The highest BCUT2D eigenvalue weighted by atomic mass is 32.1. The average Bonchev–Trinajstić information content (AvgIpc) is 3.79. The van der Waals surface area contributed by atoms with Crippen molar-refractivity contribution in [1.82, 2.24) is 9.88 Å². The Hall–Kier alpha value is -6.19. The summed E-state index contributed by atoms with van der Waals surface area (Å²) in [6.07, 6.45) is 1.01. The van der Waals surface area contributed by atoms with Crippen LogP contribution >= 0.6 is 11.3 Å². The molecular formula is C50H42N4S. The van der Waals surface area contributed by atoms with Crippen molar-refractivity contribution in [2.45, 2.75) is 32.5 Å². The quantitative estimate of drug-likeness (QED) is 0.143. The van der Waals surface area contributed by atoms with E-state index < -0.39 is 0 Å². The van der Waals surface area contributed by atoms with E-state index in [0.29, 0.717) is 11.5 Å². The number of hydrogen-bond acceptors (Lipinski definition) is 4. The molecule has 0 saturated heterocycles. The summed E-state index contributed by atoms with van der Waals surface area (Å²) in [5, 5.41) is 18.8. The molecule has 1 N–H and O–H groups in total. The van der Waals surface area contributed by atoms with Crippen LogP contribution in [0.1, 0.15) is 49.2 Å². The number of fused-ring (bicyclic) bond motifs is 6. The summed E-state index contributed by atoms with van der Waals surface area (Å²) in [5.74, 6) is 0.387. The van der Waals surface area contributed by atoms with Gasteiger partial charge < -0.3 is 9.47 Å². The lowest BCUT2D eigenvalue weighted by Crippen LogP contribution is -2.40. The van der Waals surface area contributed by atoms with Gasteiger partial charge in [-0.05, 0) is 82.8 Å². The van der Waals surface area contributed by atoms with Crippen LogP contribution in [-0.2, 0) is 0 Å². The maximum atomic E-state index is 9.86. The van der Waals surface area contributed by atoms with Crippen LogP contribution in [0.15, 0.2) is 164 Å². The van der Waals surface area contributed by atoms with Crippen LogP contribution in [-0.4, -0.2) is 11.6 Å². The Morgan fingerprint density at radius 1 is 0.673 bits per heavy atom. The van der Waals surface area contributed by atoms with Gasteiger partial charge in [0.15, 0.2) is 0 Å². The minimum absolute atomic E-state index is 0.0299. The smallest absolute Gasteiger partial charge is 0.106 e. The van der Waals surface area contributed by atoms with Crippen molar-refractivity contribution in [2.75, 3.05) is 11.9 Å². The van der Waals surface area contributed by atoms with E-state index in [0.717, 1.165) is 39.6 Å². The first-order valence-electron chi connectivity index (χ1n) is 19.1. The highest BCUT2D eigenvalue weighted by Gasteiger charge is 2.26. The third-order valence-electron chi connectivity index (χ3n) is 11.3. The first kappa shape index (κ1) is 34.6. The van der Waals surface area contributed by atoms with Crippen molar-refractivity contribution < 1.29 is 0 Å². The molecule has 9 aromatic rings. The Bertz CT molecular complexity index is 2830. The zero-order valence-corrected chi connectivity index (χ0v) is 32.1. The molecule has 0 radical (unpaired) electrons. The molecule has 2 heterocycles. The van der Waals surface area contributed by atoms with E-state index in [1.165, 1.54) is 42.4 Å². The summed E-state index contributed by atoms with van der Waals surface area (Å²) in [6.45, 7) is 4.62. The standard InChI is InChI=1S/C50H42N4S/c1-4-33(2)48(52-50(36-14-7-5-8-15-36)53(3)38-16-9-6-10-17-38)35-23-26-39(27-24-35)54-45-29-22-34(32-51)30-44(45)41-28-25-37(31-46(41)54)40-19-13-20-43-42-18-11-12-21-47(42)55-49(40)43/h5-31,33,48,50,52H,4H2,1-3H3. The molecule has 268 valence electrons. The molecule has 3 atom stereocenters. The molecular weight excluding hydrogens is 689 g/mol. The Morgan fingerprint density at radius 2 is 1.40 bits per heavy atom. The molecule has 9 rings (SSSR count). The summed E-state index contributed by atoms with van der Waals surface area (Å²) >= 11 is 1.86. The molecule has 0 spiro atoms. The predicted molar refractivity (Wildman–Crippen MR) is 233 cm³/mol. The predicted octanol–water partition coefficient (Wildman–Crippen LogP) is 13.2. The number of rotatable bonds is 10. The monoisotopic (exact) mass is 730 g/mol. The van der Waals surface area contributed by atoms with E-state index in [1.807, 2.05) is 23.5 Å². The molecule has 0 fully saturated rings. The number of thiophene rings is 1. The third-order valence-corrected chi connectivity index (χ3v) is 12.6. The number of hydrogen-bond donors (Lipinski definition) is 1. The minimum atomic E-state index is -0.0299. The van der Waals surface area contributed by atoms with Crippen LogP contribution in [0.3, 0.4) is 0 Å². The topological polar surface area (TPSA) is 44.0 Å². The van der Waals surface area contributed by atoms with Crippen LogP contribution in [0, 0.1) is 17.2 Å². The van der Waals surface area contributed by atoms with Gasteiger partial charge in [0, 0.05) is 55.4 Å². The highest BCUT2D eigenvalue weighted by molar-refractivity contribution is 7.26. The number of para-hydroxylation sites is 1. The normalized spacial score (nSPS) is 13.3. The molecule has 3 unspecified atom stereocenters. The van der Waals surface area contributed by atoms with Gasteiger partial charge in [0.1, 0.15) is 6.17 Å². The van der Waals surface area contributed by atoms with Gasteiger partial charge in [0.05, 0.1) is 22.7 Å². The lowest BCUT2D eigenvalue weighted by Gasteiger charge is -2.37. The summed E-state index contributed by atoms with van der Waals surface area (Å²) in [4.78, 5) is 2.34. The van der Waals surface area contributed by atoms with E-state index in [1.54, 1.807) is 0 Å². The second-order valence-corrected chi connectivity index (χ2v) is 15.6. The highest BCUT2D eigenvalue weighted by Crippen LogP contribution is 2.42. The van der Waals surface area contributed by atoms with Crippen LogP contribution in [0.4, 0.5) is 5.69 Å². The maximum absolute atomic E-state index is 9.86. The van der Waals surface area contributed by atoms with Crippen LogP contribution in [0.25, 0.3) is 58.8 Å². The van der Waals surface area contributed by atoms with Crippen LogP contribution in [0.5, 0.6) is 0 Å². The molecule has 7 aromatic carbocycles. The Kier molecular flexibility index (Phi) is 9.15. The second kappa shape index (κ2) is 14.6. The van der Waals surface area contributed by atoms with Crippen molar-refractivity contribution in [3.8, 4) is 22.9 Å². The summed E-state index contributed by atoms with van der Waals surface area (Å²) in [7, 11) is 2.17. The average molecular weight is 731 g/mol. The second-order valence-electron chi connectivity index (χ2n) is 14.6. The van der Waals surface area contributed by atoms with Gasteiger partial charge >= 0.3 is 0 Å². The van der Waals surface area contributed by atoms with E-state index >= 15 is 0 Å². The van der Waals surface area contributed by atoms with Gasteiger partial charge in [-0.3, -0.25) is 5.32 Å². The fourth-order valence-corrected chi connectivity index (χ4v) is 9.45. The molecule has 55 heavy (non-hydrogen) atoms. The van der Waals surface area contributed by atoms with Gasteiger partial charge in [0.25, 0.3) is 0 Å². The molecule has 0 aliphatic rings. The minimum Gasteiger partial charge on any atom is -0.355 e. The zero-order valence-electron chi connectivity index (χ0n) is 31.3. The Morgan fingerprint density at radius 3 is 2.16 bits per heavy atom. The molecule has 0 amide bonds. The Balaban J connectivity index is 1.15. The van der Waals surface area contributed by atoms with Crippen LogP contribution < -0.4 is 10.2 Å². The van der Waals surface area contributed by atoms with Gasteiger partial charge in [-0.25, -0.2) is 0 Å². The van der Waals surface area contributed by atoms with Crippen molar-refractivity contribution in [2.24, 2.45) is 5.92 Å². The zero-order chi connectivity index (χ0) is 37.5. The molecule has 5 heteroatoms. The third kappa shape index (κ3) is 6.24. The molecule has 0 bridgehead atoms. The van der Waals surface area contributed by atoms with Gasteiger partial charge in [-0.1, -0.05) is 129 Å². The lowest BCUT2D eigenvalue weighted by molar-refractivity contribution is 0.334. The van der Waals surface area contributed by atoms with Crippen molar-refractivity contribution >= 4 is 59.0 Å². The fourth-order valence-electron chi connectivity index (χ4n) is 8.22. The number of nitrogens with one attached hydrogen (secondary N) is 1. The number of benzene rings is 7. The maximum Gasteiger partial charge on any atom is 0.106 e. The fraction of sp³-hybridized carbons (Fsp3) is 0.140. The molecule has 0 aliphatic heterocycles. The Labute approximate surface area is 326 Å². The molecule has 0 aliphatic carbocycles. The van der Waals surface area contributed by atoms with E-state index in [-0.39, 0.29) is 12.2 Å². The molecule has 0 saturated carbocycles. The number of anilines is 1. The largest absolute Gasteiger partial charge is 0.355 e.